The Kier molecular flexibility index (Phi) is 3.86. The topological polar surface area (TPSA) is 49.7 Å². The van der Waals surface area contributed by atoms with Gasteiger partial charge in [-0.05, 0) is 74.6 Å². The predicted molar refractivity (Wildman–Crippen MR) is 85.4 cm³/mol. The van der Waals surface area contributed by atoms with Gasteiger partial charge >= 0.3 is 0 Å². The third-order valence-corrected chi connectivity index (χ3v) is 4.21. The quantitative estimate of drug-likeness (QED) is 0.864. The van der Waals surface area contributed by atoms with Crippen molar-refractivity contribution in [3.63, 3.8) is 0 Å². The average Bonchev–Trinajstić information content (AvgIpc) is 2.40. The van der Waals surface area contributed by atoms with Crippen LogP contribution in [0.4, 0.5) is 0 Å². The number of rotatable bonds is 2. The minimum Gasteiger partial charge on any atom is -0.508 e. The number of hydrogen-bond acceptors (Lipinski definition) is 3. The molecule has 0 amide bonds. The highest BCUT2D eigenvalue weighted by Gasteiger charge is 2.20. The number of methoxy groups -OCH3 is 1. The molecular weight excluding hydrogens is 264 g/mol. The third kappa shape index (κ3) is 2.33. The maximum Gasteiger partial charge on any atom is 0.125 e. The Morgan fingerprint density at radius 2 is 1.29 bits per heavy atom. The SMILES string of the molecule is COc1c(C)cc(O)c(-c2c(C)cc(O)c(C)c2C)c1C. The molecule has 0 unspecified atom stereocenters. The molecule has 0 radical (unpaired) electrons. The first-order valence-corrected chi connectivity index (χ1v) is 6.96. The van der Waals surface area contributed by atoms with Gasteiger partial charge in [-0.15, -0.1) is 0 Å². The summed E-state index contributed by atoms with van der Waals surface area (Å²) in [6.07, 6.45) is 0. The lowest BCUT2D eigenvalue weighted by Crippen LogP contribution is -1.98. The second-order valence-electron chi connectivity index (χ2n) is 5.58. The zero-order valence-electron chi connectivity index (χ0n) is 13.5. The summed E-state index contributed by atoms with van der Waals surface area (Å²) in [5.41, 5.74) is 6.27. The van der Waals surface area contributed by atoms with Crippen LogP contribution in [0, 0.1) is 34.6 Å². The summed E-state index contributed by atoms with van der Waals surface area (Å²) < 4.78 is 5.47. The largest absolute Gasteiger partial charge is 0.508 e. The molecule has 0 aliphatic heterocycles. The zero-order chi connectivity index (χ0) is 15.9. The van der Waals surface area contributed by atoms with Crippen LogP contribution in [0.1, 0.15) is 27.8 Å². The van der Waals surface area contributed by atoms with Gasteiger partial charge in [0, 0.05) is 11.1 Å². The van der Waals surface area contributed by atoms with Crippen LogP contribution < -0.4 is 4.74 Å². The Labute approximate surface area is 125 Å². The maximum absolute atomic E-state index is 10.4. The molecule has 2 N–H and O–H groups in total. The van der Waals surface area contributed by atoms with E-state index in [0.717, 1.165) is 44.7 Å². The van der Waals surface area contributed by atoms with Crippen LogP contribution >= 0.6 is 0 Å². The minimum atomic E-state index is 0.238. The van der Waals surface area contributed by atoms with Crippen LogP contribution in [0.25, 0.3) is 11.1 Å². The van der Waals surface area contributed by atoms with Gasteiger partial charge in [0.1, 0.15) is 17.2 Å². The Hall–Kier alpha value is -2.16. The van der Waals surface area contributed by atoms with E-state index < -0.39 is 0 Å². The van der Waals surface area contributed by atoms with Gasteiger partial charge in [-0.25, -0.2) is 0 Å². The van der Waals surface area contributed by atoms with Gasteiger partial charge in [-0.3, -0.25) is 0 Å². The van der Waals surface area contributed by atoms with E-state index in [1.807, 2.05) is 34.6 Å². The smallest absolute Gasteiger partial charge is 0.125 e. The summed E-state index contributed by atoms with van der Waals surface area (Å²) >= 11 is 0. The first-order chi connectivity index (χ1) is 9.79. The molecule has 0 spiro atoms. The van der Waals surface area contributed by atoms with Crippen LogP contribution in [0.5, 0.6) is 17.2 Å². The third-order valence-electron chi connectivity index (χ3n) is 4.21. The van der Waals surface area contributed by atoms with Crippen LogP contribution in [0.3, 0.4) is 0 Å². The molecule has 0 saturated carbocycles. The van der Waals surface area contributed by atoms with Gasteiger partial charge in [0.25, 0.3) is 0 Å². The molecule has 0 aliphatic rings. The van der Waals surface area contributed by atoms with E-state index in [9.17, 15) is 10.2 Å². The molecule has 0 saturated heterocycles. The molecule has 0 aliphatic carbocycles. The first-order valence-electron chi connectivity index (χ1n) is 6.96. The Morgan fingerprint density at radius 3 is 1.86 bits per heavy atom. The van der Waals surface area contributed by atoms with Crippen molar-refractivity contribution < 1.29 is 14.9 Å². The van der Waals surface area contributed by atoms with Crippen molar-refractivity contribution in [1.82, 2.24) is 0 Å². The van der Waals surface area contributed by atoms with Crippen LogP contribution in [-0.4, -0.2) is 17.3 Å². The summed E-state index contributed by atoms with van der Waals surface area (Å²) in [6.45, 7) is 9.64. The van der Waals surface area contributed by atoms with Gasteiger partial charge in [-0.1, -0.05) is 0 Å². The van der Waals surface area contributed by atoms with Crippen LogP contribution in [0.2, 0.25) is 0 Å². The number of ether oxygens (including phenoxy) is 1. The van der Waals surface area contributed by atoms with E-state index in [1.54, 1.807) is 19.2 Å². The number of hydrogen-bond donors (Lipinski definition) is 2. The van der Waals surface area contributed by atoms with Crippen molar-refractivity contribution in [1.29, 1.82) is 0 Å². The highest BCUT2D eigenvalue weighted by atomic mass is 16.5. The molecule has 0 atom stereocenters. The van der Waals surface area contributed by atoms with Crippen LogP contribution in [-0.2, 0) is 0 Å². The van der Waals surface area contributed by atoms with E-state index in [1.165, 1.54) is 0 Å². The fourth-order valence-corrected chi connectivity index (χ4v) is 3.02. The lowest BCUT2D eigenvalue weighted by molar-refractivity contribution is 0.406. The van der Waals surface area contributed by atoms with Gasteiger partial charge in [-0.2, -0.15) is 0 Å². The number of aromatic hydroxyl groups is 2. The Bertz CT molecular complexity index is 715. The molecule has 0 heterocycles. The fraction of sp³-hybridized carbons (Fsp3) is 0.333. The average molecular weight is 286 g/mol. The second-order valence-corrected chi connectivity index (χ2v) is 5.58. The molecule has 2 aromatic rings. The standard InChI is InChI=1S/C18H22O3/c1-9-7-14(19)11(3)12(4)16(9)17-13(5)18(21-6)10(2)8-15(17)20/h7-8,19-20H,1-6H3. The Morgan fingerprint density at radius 1 is 0.714 bits per heavy atom. The molecule has 21 heavy (non-hydrogen) atoms. The number of benzene rings is 2. The van der Waals surface area contributed by atoms with E-state index in [0.29, 0.717) is 0 Å². The van der Waals surface area contributed by atoms with E-state index in [2.05, 4.69) is 0 Å². The van der Waals surface area contributed by atoms with Crippen LogP contribution in [0.15, 0.2) is 12.1 Å². The highest BCUT2D eigenvalue weighted by molar-refractivity contribution is 5.82. The van der Waals surface area contributed by atoms with E-state index in [-0.39, 0.29) is 11.5 Å². The lowest BCUT2D eigenvalue weighted by Gasteiger charge is -2.20. The van der Waals surface area contributed by atoms with E-state index >= 15 is 0 Å². The Balaban J connectivity index is 2.89. The molecule has 3 heteroatoms. The van der Waals surface area contributed by atoms with Crippen molar-refractivity contribution in [2.75, 3.05) is 7.11 Å². The normalized spacial score (nSPS) is 10.8. The first kappa shape index (κ1) is 15.2. The highest BCUT2D eigenvalue weighted by Crippen LogP contribution is 2.44. The fourth-order valence-electron chi connectivity index (χ4n) is 3.02. The summed E-state index contributed by atoms with van der Waals surface area (Å²) in [5.74, 6) is 1.30. The minimum absolute atomic E-state index is 0.238. The van der Waals surface area contributed by atoms with Gasteiger partial charge in [0.2, 0.25) is 0 Å². The van der Waals surface area contributed by atoms with Crippen molar-refractivity contribution in [3.8, 4) is 28.4 Å². The van der Waals surface area contributed by atoms with Gasteiger partial charge in [0.05, 0.1) is 7.11 Å². The molecule has 2 aromatic carbocycles. The van der Waals surface area contributed by atoms with Crippen molar-refractivity contribution in [2.45, 2.75) is 34.6 Å². The van der Waals surface area contributed by atoms with Crippen molar-refractivity contribution in [2.24, 2.45) is 0 Å². The van der Waals surface area contributed by atoms with E-state index in [4.69, 9.17) is 4.74 Å². The van der Waals surface area contributed by atoms with Crippen molar-refractivity contribution in [3.05, 3.63) is 39.9 Å². The number of aryl methyl sites for hydroxylation is 2. The van der Waals surface area contributed by atoms with Gasteiger partial charge in [0.15, 0.2) is 0 Å². The molecule has 112 valence electrons. The molecule has 0 aromatic heterocycles. The summed E-state index contributed by atoms with van der Waals surface area (Å²) in [5, 5.41) is 20.4. The summed E-state index contributed by atoms with van der Waals surface area (Å²) in [6, 6.07) is 3.46. The maximum atomic E-state index is 10.4. The number of phenols is 2. The number of phenolic OH excluding ortho intramolecular Hbond substituents is 2. The molecule has 3 nitrogen and oxygen atoms in total. The molecular formula is C18H22O3. The molecule has 0 bridgehead atoms. The second kappa shape index (κ2) is 5.32. The molecule has 0 fully saturated rings. The monoisotopic (exact) mass is 286 g/mol. The predicted octanol–water partition coefficient (Wildman–Crippen LogP) is 4.32. The molecule has 2 rings (SSSR count). The summed E-state index contributed by atoms with van der Waals surface area (Å²) in [7, 11) is 1.64. The lowest BCUT2D eigenvalue weighted by atomic mass is 9.88. The van der Waals surface area contributed by atoms with Crippen molar-refractivity contribution >= 4 is 0 Å². The zero-order valence-corrected chi connectivity index (χ0v) is 13.5. The summed E-state index contributed by atoms with van der Waals surface area (Å²) in [4.78, 5) is 0. The van der Waals surface area contributed by atoms with Gasteiger partial charge < -0.3 is 14.9 Å².